The first kappa shape index (κ1) is 23.6. The van der Waals surface area contributed by atoms with Gasteiger partial charge in [0.05, 0.1) is 18.1 Å². The van der Waals surface area contributed by atoms with Crippen LogP contribution < -0.4 is 10.6 Å². The summed E-state index contributed by atoms with van der Waals surface area (Å²) in [5.41, 5.74) is 2.05. The number of amides is 2. The minimum atomic E-state index is -3.55. The number of aromatic nitrogens is 1. The fraction of sp³-hybridized carbons (Fsp3) is 0.208. The third-order valence-corrected chi connectivity index (χ3v) is 7.20. The lowest BCUT2D eigenvalue weighted by Crippen LogP contribution is -2.40. The average Bonchev–Trinajstić information content (AvgIpc) is 2.89. The summed E-state index contributed by atoms with van der Waals surface area (Å²) in [5, 5.41) is 5.54. The van der Waals surface area contributed by atoms with Crippen molar-refractivity contribution in [2.75, 3.05) is 31.6 Å². The molecular weight excluding hydrogens is 456 g/mol. The number of nitrogens with one attached hydrogen (secondary N) is 2. The number of hydrogen-bond donors (Lipinski definition) is 2. The van der Waals surface area contributed by atoms with Gasteiger partial charge in [0.25, 0.3) is 11.8 Å². The maximum absolute atomic E-state index is 12.7. The van der Waals surface area contributed by atoms with E-state index in [0.29, 0.717) is 43.2 Å². The Balaban J connectivity index is 1.31. The molecule has 0 atom stereocenters. The van der Waals surface area contributed by atoms with Crippen molar-refractivity contribution in [2.24, 2.45) is 0 Å². The number of morpholine rings is 1. The van der Waals surface area contributed by atoms with E-state index >= 15 is 0 Å². The van der Waals surface area contributed by atoms with E-state index in [1.165, 1.54) is 4.31 Å². The normalized spacial score (nSPS) is 14.4. The molecule has 2 amide bonds. The van der Waals surface area contributed by atoms with E-state index in [9.17, 15) is 18.0 Å². The molecule has 1 aliphatic heterocycles. The zero-order valence-electron chi connectivity index (χ0n) is 18.3. The van der Waals surface area contributed by atoms with Crippen LogP contribution >= 0.6 is 0 Å². The van der Waals surface area contributed by atoms with Crippen molar-refractivity contribution in [3.63, 3.8) is 0 Å². The van der Waals surface area contributed by atoms with E-state index in [4.69, 9.17) is 4.74 Å². The van der Waals surface area contributed by atoms with E-state index in [2.05, 4.69) is 15.6 Å². The highest BCUT2D eigenvalue weighted by Gasteiger charge is 2.26. The molecule has 1 aliphatic rings. The number of carbonyl (C=O) groups is 2. The van der Waals surface area contributed by atoms with Crippen LogP contribution in [-0.4, -0.2) is 55.8 Å². The zero-order valence-corrected chi connectivity index (χ0v) is 19.1. The molecule has 1 aromatic heterocycles. The number of pyridine rings is 1. The number of rotatable bonds is 7. The molecule has 1 fully saturated rings. The summed E-state index contributed by atoms with van der Waals surface area (Å²) in [5.74, 6) is -0.621. The lowest BCUT2D eigenvalue weighted by atomic mass is 10.1. The first-order chi connectivity index (χ1) is 16.4. The van der Waals surface area contributed by atoms with Crippen LogP contribution in [0.4, 0.5) is 5.69 Å². The molecule has 0 aliphatic carbocycles. The van der Waals surface area contributed by atoms with Crippen molar-refractivity contribution in [2.45, 2.75) is 11.4 Å². The highest BCUT2D eigenvalue weighted by molar-refractivity contribution is 7.89. The van der Waals surface area contributed by atoms with Gasteiger partial charge in [-0.05, 0) is 54.1 Å². The van der Waals surface area contributed by atoms with Gasteiger partial charge in [-0.3, -0.25) is 14.6 Å². The summed E-state index contributed by atoms with van der Waals surface area (Å²) in [6.45, 7) is 1.70. The van der Waals surface area contributed by atoms with Crippen LogP contribution in [-0.2, 0) is 21.3 Å². The molecule has 2 N–H and O–H groups in total. The van der Waals surface area contributed by atoms with Gasteiger partial charge in [0.2, 0.25) is 10.0 Å². The summed E-state index contributed by atoms with van der Waals surface area (Å²) in [6.07, 6.45) is 1.54. The predicted octanol–water partition coefficient (Wildman–Crippen LogP) is 2.28. The Morgan fingerprint density at radius 2 is 1.62 bits per heavy atom. The molecule has 3 aromatic rings. The second-order valence-corrected chi connectivity index (χ2v) is 9.53. The molecule has 2 heterocycles. The minimum absolute atomic E-state index is 0.216. The third-order valence-electron chi connectivity index (χ3n) is 5.29. The Kier molecular flexibility index (Phi) is 7.31. The maximum Gasteiger partial charge on any atom is 0.274 e. The molecule has 0 bridgehead atoms. The molecule has 9 nitrogen and oxygen atoms in total. The molecule has 176 valence electrons. The molecule has 10 heteroatoms. The summed E-state index contributed by atoms with van der Waals surface area (Å²) >= 11 is 0. The molecule has 2 aromatic carbocycles. The molecular formula is C24H24N4O5S. The molecule has 34 heavy (non-hydrogen) atoms. The number of benzene rings is 2. The van der Waals surface area contributed by atoms with Gasteiger partial charge in [0.15, 0.2) is 0 Å². The van der Waals surface area contributed by atoms with Crippen molar-refractivity contribution >= 4 is 27.5 Å². The zero-order chi connectivity index (χ0) is 24.0. The van der Waals surface area contributed by atoms with Crippen LogP contribution in [0.3, 0.4) is 0 Å². The number of nitrogens with zero attached hydrogens (tertiary/aromatic N) is 2. The predicted molar refractivity (Wildman–Crippen MR) is 126 cm³/mol. The Morgan fingerprint density at radius 1 is 0.912 bits per heavy atom. The van der Waals surface area contributed by atoms with E-state index < -0.39 is 10.0 Å². The summed E-state index contributed by atoms with van der Waals surface area (Å²) in [6, 6.07) is 18.0. The van der Waals surface area contributed by atoms with Crippen molar-refractivity contribution in [1.29, 1.82) is 0 Å². The van der Waals surface area contributed by atoms with Crippen LogP contribution in [0, 0.1) is 0 Å². The van der Waals surface area contributed by atoms with Gasteiger partial charge in [-0.15, -0.1) is 0 Å². The largest absolute Gasteiger partial charge is 0.379 e. The monoisotopic (exact) mass is 480 g/mol. The molecule has 0 saturated carbocycles. The fourth-order valence-corrected chi connectivity index (χ4v) is 4.80. The molecule has 0 spiro atoms. The number of sulfonamides is 1. The summed E-state index contributed by atoms with van der Waals surface area (Å²) in [7, 11) is -3.55. The molecule has 1 saturated heterocycles. The van der Waals surface area contributed by atoms with E-state index in [1.54, 1.807) is 72.9 Å². The second-order valence-electron chi connectivity index (χ2n) is 7.59. The first-order valence-corrected chi connectivity index (χ1v) is 12.1. The third kappa shape index (κ3) is 5.66. The van der Waals surface area contributed by atoms with E-state index in [-0.39, 0.29) is 23.3 Å². The van der Waals surface area contributed by atoms with Crippen LogP contribution in [0.25, 0.3) is 0 Å². The lowest BCUT2D eigenvalue weighted by Gasteiger charge is -2.26. The van der Waals surface area contributed by atoms with Crippen LogP contribution in [0.1, 0.15) is 26.4 Å². The summed E-state index contributed by atoms with van der Waals surface area (Å²) in [4.78, 5) is 28.9. The van der Waals surface area contributed by atoms with Gasteiger partial charge in [-0.25, -0.2) is 8.42 Å². The van der Waals surface area contributed by atoms with Gasteiger partial charge >= 0.3 is 0 Å². The maximum atomic E-state index is 12.7. The Morgan fingerprint density at radius 3 is 2.26 bits per heavy atom. The number of carbonyl (C=O) groups excluding carboxylic acids is 2. The second kappa shape index (κ2) is 10.6. The van der Waals surface area contributed by atoms with Gasteiger partial charge < -0.3 is 15.4 Å². The van der Waals surface area contributed by atoms with Crippen molar-refractivity contribution < 1.29 is 22.7 Å². The highest BCUT2D eigenvalue weighted by atomic mass is 32.2. The summed E-state index contributed by atoms with van der Waals surface area (Å²) < 4.78 is 32.0. The van der Waals surface area contributed by atoms with Crippen LogP contribution in [0.15, 0.2) is 77.8 Å². The van der Waals surface area contributed by atoms with Crippen LogP contribution in [0.2, 0.25) is 0 Å². The van der Waals surface area contributed by atoms with Crippen molar-refractivity contribution in [3.05, 3.63) is 89.7 Å². The van der Waals surface area contributed by atoms with Crippen LogP contribution in [0.5, 0.6) is 0 Å². The van der Waals surface area contributed by atoms with Crippen molar-refractivity contribution in [1.82, 2.24) is 14.6 Å². The highest BCUT2D eigenvalue weighted by Crippen LogP contribution is 2.18. The minimum Gasteiger partial charge on any atom is -0.379 e. The Bertz CT molecular complexity index is 1240. The Hall–Kier alpha value is -3.60. The molecule has 0 radical (unpaired) electrons. The van der Waals surface area contributed by atoms with Gasteiger partial charge in [-0.2, -0.15) is 4.31 Å². The molecule has 4 rings (SSSR count). The Labute approximate surface area is 197 Å². The quantitative estimate of drug-likeness (QED) is 0.536. The smallest absolute Gasteiger partial charge is 0.274 e. The van der Waals surface area contributed by atoms with E-state index in [1.807, 2.05) is 0 Å². The van der Waals surface area contributed by atoms with Gasteiger partial charge in [0, 0.05) is 37.1 Å². The molecule has 0 unspecified atom stereocenters. The SMILES string of the molecule is O=C(NCc1ccc(S(=O)(=O)N2CCOCC2)cc1)c1ccc(NC(=O)c2ccccn2)cc1. The number of ether oxygens (including phenoxy) is 1. The van der Waals surface area contributed by atoms with Crippen molar-refractivity contribution in [3.8, 4) is 0 Å². The fourth-order valence-electron chi connectivity index (χ4n) is 3.40. The standard InChI is InChI=1S/C24H24N4O5S/c29-23(19-6-8-20(9-7-19)27-24(30)22-3-1-2-12-25-22)26-17-18-4-10-21(11-5-18)34(31,32)28-13-15-33-16-14-28/h1-12H,13-17H2,(H,26,29)(H,27,30). The van der Waals surface area contributed by atoms with Gasteiger partial charge in [-0.1, -0.05) is 18.2 Å². The number of anilines is 1. The lowest BCUT2D eigenvalue weighted by molar-refractivity contribution is 0.0730. The first-order valence-electron chi connectivity index (χ1n) is 10.7. The van der Waals surface area contributed by atoms with E-state index in [0.717, 1.165) is 5.56 Å². The average molecular weight is 481 g/mol. The topological polar surface area (TPSA) is 118 Å². The van der Waals surface area contributed by atoms with Gasteiger partial charge in [0.1, 0.15) is 5.69 Å². The number of hydrogen-bond acceptors (Lipinski definition) is 6.